The molecule has 4 nitrogen and oxygen atoms in total. The number of amides is 1. The first kappa shape index (κ1) is 18.8. The van der Waals surface area contributed by atoms with E-state index in [0.717, 1.165) is 24.1 Å². The third-order valence-electron chi connectivity index (χ3n) is 3.81. The molecule has 7 heteroatoms. The maximum absolute atomic E-state index is 13.2. The van der Waals surface area contributed by atoms with E-state index in [9.17, 15) is 13.6 Å². The number of nitrogens with zero attached hydrogens (tertiary/aromatic N) is 1. The molecule has 0 spiro atoms. The Balaban J connectivity index is 1.54. The smallest absolute Gasteiger partial charge is 0.257 e. The Bertz CT molecular complexity index is 948. The highest BCUT2D eigenvalue weighted by molar-refractivity contribution is 6.30. The number of pyridine rings is 1. The van der Waals surface area contributed by atoms with Gasteiger partial charge < -0.3 is 10.6 Å². The van der Waals surface area contributed by atoms with Crippen molar-refractivity contribution >= 4 is 29.0 Å². The van der Waals surface area contributed by atoms with Crippen LogP contribution in [0.15, 0.2) is 60.8 Å². The Morgan fingerprint density at radius 2 is 1.89 bits per heavy atom. The molecule has 0 atom stereocenters. The van der Waals surface area contributed by atoms with Gasteiger partial charge in [0.15, 0.2) is 11.6 Å². The van der Waals surface area contributed by atoms with Crippen LogP contribution in [0.4, 0.5) is 20.3 Å². The van der Waals surface area contributed by atoms with E-state index in [4.69, 9.17) is 11.6 Å². The van der Waals surface area contributed by atoms with E-state index >= 15 is 0 Å². The molecule has 0 aliphatic rings. The molecule has 0 unspecified atom stereocenters. The van der Waals surface area contributed by atoms with E-state index in [-0.39, 0.29) is 5.69 Å². The largest absolute Gasteiger partial charge is 0.370 e. The molecule has 3 rings (SSSR count). The van der Waals surface area contributed by atoms with E-state index in [1.54, 1.807) is 12.1 Å². The van der Waals surface area contributed by atoms with Gasteiger partial charge in [-0.2, -0.15) is 0 Å². The summed E-state index contributed by atoms with van der Waals surface area (Å²) in [6.07, 6.45) is 2.19. The molecule has 3 aromatic rings. The van der Waals surface area contributed by atoms with Crippen LogP contribution >= 0.6 is 11.6 Å². The highest BCUT2D eigenvalue weighted by atomic mass is 35.5. The van der Waals surface area contributed by atoms with Crippen molar-refractivity contribution in [3.63, 3.8) is 0 Å². The van der Waals surface area contributed by atoms with Crippen LogP contribution in [-0.4, -0.2) is 17.4 Å². The second-order valence-electron chi connectivity index (χ2n) is 5.82. The van der Waals surface area contributed by atoms with E-state index in [1.807, 2.05) is 24.3 Å². The van der Waals surface area contributed by atoms with Crippen molar-refractivity contribution in [1.29, 1.82) is 0 Å². The van der Waals surface area contributed by atoms with Crippen molar-refractivity contribution in [2.75, 3.05) is 17.2 Å². The fraction of sp³-hybridized carbons (Fsp3) is 0.100. The van der Waals surface area contributed by atoms with Gasteiger partial charge in [-0.1, -0.05) is 23.7 Å². The summed E-state index contributed by atoms with van der Waals surface area (Å²) in [7, 11) is 0. The Kier molecular flexibility index (Phi) is 5.98. The number of carbonyl (C=O) groups is 1. The Morgan fingerprint density at radius 3 is 2.59 bits per heavy atom. The second kappa shape index (κ2) is 8.60. The van der Waals surface area contributed by atoms with Crippen molar-refractivity contribution < 1.29 is 13.6 Å². The fourth-order valence-corrected chi connectivity index (χ4v) is 2.65. The van der Waals surface area contributed by atoms with Gasteiger partial charge >= 0.3 is 0 Å². The van der Waals surface area contributed by atoms with Crippen LogP contribution in [0.25, 0.3) is 0 Å². The number of rotatable bonds is 6. The molecule has 0 bridgehead atoms. The zero-order valence-corrected chi connectivity index (χ0v) is 14.9. The topological polar surface area (TPSA) is 54.0 Å². The molecule has 1 aromatic heterocycles. The average molecular weight is 388 g/mol. The molecule has 138 valence electrons. The predicted octanol–water partition coefficient (Wildman–Crippen LogP) is 4.92. The molecule has 2 N–H and O–H groups in total. The van der Waals surface area contributed by atoms with Gasteiger partial charge in [0.25, 0.3) is 5.91 Å². The van der Waals surface area contributed by atoms with Gasteiger partial charge in [0.05, 0.1) is 5.56 Å². The van der Waals surface area contributed by atoms with Crippen molar-refractivity contribution in [2.24, 2.45) is 0 Å². The lowest BCUT2D eigenvalue weighted by atomic mass is 10.1. The number of hydrogen-bond donors (Lipinski definition) is 2. The maximum atomic E-state index is 13.2. The molecule has 1 heterocycles. The average Bonchev–Trinajstić information content (AvgIpc) is 2.65. The van der Waals surface area contributed by atoms with Gasteiger partial charge in [0.2, 0.25) is 0 Å². The number of anilines is 2. The van der Waals surface area contributed by atoms with E-state index in [1.165, 1.54) is 12.3 Å². The number of halogens is 3. The fourth-order valence-electron chi connectivity index (χ4n) is 2.44. The zero-order chi connectivity index (χ0) is 19.2. The lowest BCUT2D eigenvalue weighted by molar-refractivity contribution is 0.102. The first-order valence-corrected chi connectivity index (χ1v) is 8.60. The lowest BCUT2D eigenvalue weighted by Gasteiger charge is -2.08. The molecule has 0 saturated carbocycles. The molecular weight excluding hydrogens is 372 g/mol. The number of benzene rings is 2. The predicted molar refractivity (Wildman–Crippen MR) is 102 cm³/mol. The van der Waals surface area contributed by atoms with Gasteiger partial charge in [-0.05, 0) is 48.4 Å². The van der Waals surface area contributed by atoms with E-state index in [0.29, 0.717) is 22.9 Å². The van der Waals surface area contributed by atoms with Crippen LogP contribution in [0.2, 0.25) is 5.02 Å². The van der Waals surface area contributed by atoms with Gasteiger partial charge in [-0.15, -0.1) is 0 Å². The summed E-state index contributed by atoms with van der Waals surface area (Å²) in [4.78, 5) is 16.3. The number of aromatic nitrogens is 1. The van der Waals surface area contributed by atoms with Crippen molar-refractivity contribution in [3.05, 3.63) is 88.6 Å². The highest BCUT2D eigenvalue weighted by Crippen LogP contribution is 2.15. The molecule has 0 aliphatic heterocycles. The third-order valence-corrected chi connectivity index (χ3v) is 4.05. The van der Waals surface area contributed by atoms with E-state index < -0.39 is 17.5 Å². The number of carbonyl (C=O) groups excluding carboxylic acids is 1. The molecule has 2 aromatic carbocycles. The molecule has 0 saturated heterocycles. The summed E-state index contributed by atoms with van der Waals surface area (Å²) in [5.74, 6) is -1.83. The van der Waals surface area contributed by atoms with Crippen LogP contribution in [0.5, 0.6) is 0 Å². The first-order chi connectivity index (χ1) is 13.0. The van der Waals surface area contributed by atoms with Crippen LogP contribution in [-0.2, 0) is 6.42 Å². The molecule has 27 heavy (non-hydrogen) atoms. The van der Waals surface area contributed by atoms with Crippen LogP contribution < -0.4 is 10.6 Å². The summed E-state index contributed by atoms with van der Waals surface area (Å²) >= 11 is 5.95. The lowest BCUT2D eigenvalue weighted by Crippen LogP contribution is -2.13. The van der Waals surface area contributed by atoms with Gasteiger partial charge in [0, 0.05) is 29.5 Å². The summed E-state index contributed by atoms with van der Waals surface area (Å²) < 4.78 is 26.1. The van der Waals surface area contributed by atoms with Crippen molar-refractivity contribution in [3.8, 4) is 0 Å². The molecular formula is C20H16ClF2N3O. The van der Waals surface area contributed by atoms with Crippen molar-refractivity contribution in [2.45, 2.75) is 6.42 Å². The first-order valence-electron chi connectivity index (χ1n) is 8.22. The second-order valence-corrected chi connectivity index (χ2v) is 6.26. The number of nitrogens with one attached hydrogen (secondary N) is 2. The highest BCUT2D eigenvalue weighted by Gasteiger charge is 2.09. The van der Waals surface area contributed by atoms with Gasteiger partial charge in [-0.25, -0.2) is 13.8 Å². The summed E-state index contributed by atoms with van der Waals surface area (Å²) in [6, 6.07) is 14.1. The summed E-state index contributed by atoms with van der Waals surface area (Å²) in [5, 5.41) is 6.36. The van der Waals surface area contributed by atoms with E-state index in [2.05, 4.69) is 15.6 Å². The third kappa shape index (κ3) is 5.24. The minimum absolute atomic E-state index is 0.169. The Morgan fingerprint density at radius 1 is 1.04 bits per heavy atom. The Labute approximate surface area is 160 Å². The van der Waals surface area contributed by atoms with Gasteiger partial charge in [0.1, 0.15) is 5.82 Å². The minimum Gasteiger partial charge on any atom is -0.370 e. The molecule has 1 amide bonds. The number of hydrogen-bond acceptors (Lipinski definition) is 3. The maximum Gasteiger partial charge on any atom is 0.257 e. The standard InChI is InChI=1S/C20H16ClF2N3O/c21-15-3-1-2-13(10-15)8-9-24-19-7-4-14(12-25-19)20(27)26-16-5-6-17(22)18(23)11-16/h1-7,10-12H,8-9H2,(H,24,25)(H,26,27). The van der Waals surface area contributed by atoms with Crippen molar-refractivity contribution in [1.82, 2.24) is 4.98 Å². The summed E-state index contributed by atoms with van der Waals surface area (Å²) in [6.45, 7) is 0.660. The van der Waals surface area contributed by atoms with Crippen LogP contribution in [0, 0.1) is 11.6 Å². The normalized spacial score (nSPS) is 10.5. The Hall–Kier alpha value is -2.99. The summed E-state index contributed by atoms with van der Waals surface area (Å²) in [5.41, 5.74) is 1.58. The molecule has 0 radical (unpaired) electrons. The van der Waals surface area contributed by atoms with Crippen LogP contribution in [0.3, 0.4) is 0 Å². The van der Waals surface area contributed by atoms with Gasteiger partial charge in [-0.3, -0.25) is 4.79 Å². The quantitative estimate of drug-likeness (QED) is 0.631. The molecule has 0 aliphatic carbocycles. The zero-order valence-electron chi connectivity index (χ0n) is 14.2. The molecule has 0 fully saturated rings. The van der Waals surface area contributed by atoms with Crippen LogP contribution in [0.1, 0.15) is 15.9 Å². The SMILES string of the molecule is O=C(Nc1ccc(F)c(F)c1)c1ccc(NCCc2cccc(Cl)c2)nc1. The monoisotopic (exact) mass is 387 g/mol. The minimum atomic E-state index is -1.02.